The van der Waals surface area contributed by atoms with Crippen molar-refractivity contribution in [1.82, 2.24) is 14.9 Å². The molecule has 0 bridgehead atoms. The van der Waals surface area contributed by atoms with Gasteiger partial charge < -0.3 is 10.2 Å². The zero-order valence-electron chi connectivity index (χ0n) is 13.9. The van der Waals surface area contributed by atoms with Gasteiger partial charge in [-0.15, -0.1) is 0 Å². The maximum Gasteiger partial charge on any atom is 0.253 e. The number of nitrogens with zero attached hydrogens (tertiary/aromatic N) is 1. The Morgan fingerprint density at radius 2 is 1.78 bits per heavy atom. The summed E-state index contributed by atoms with van der Waals surface area (Å²) in [4.78, 5) is 13.5. The molecule has 1 fully saturated rings. The molecule has 7 heteroatoms. The fraction of sp³-hybridized carbons (Fsp3) is 0.562. The highest BCUT2D eigenvalue weighted by Gasteiger charge is 2.28. The maximum absolute atomic E-state index is 12.4. The Balaban J connectivity index is 2.06. The summed E-state index contributed by atoms with van der Waals surface area (Å²) < 4.78 is 27.5. The van der Waals surface area contributed by atoms with E-state index in [1.165, 1.54) is 17.0 Å². The molecule has 1 saturated heterocycles. The monoisotopic (exact) mass is 339 g/mol. The van der Waals surface area contributed by atoms with E-state index in [0.717, 1.165) is 25.9 Å². The van der Waals surface area contributed by atoms with E-state index < -0.39 is 10.0 Å². The zero-order chi connectivity index (χ0) is 17.1. The van der Waals surface area contributed by atoms with Crippen LogP contribution in [0.2, 0.25) is 0 Å². The topological polar surface area (TPSA) is 78.5 Å². The number of hydrogen-bond donors (Lipinski definition) is 2. The lowest BCUT2D eigenvalue weighted by molar-refractivity contribution is 0.0827. The first-order valence-electron chi connectivity index (χ1n) is 7.76. The summed E-state index contributed by atoms with van der Waals surface area (Å²) in [5.74, 6) is -0.149. The lowest BCUT2D eigenvalue weighted by atomic mass is 9.81. The van der Waals surface area contributed by atoms with E-state index in [9.17, 15) is 13.2 Å². The summed E-state index contributed by atoms with van der Waals surface area (Å²) in [6, 6.07) is 6.04. The molecule has 2 N–H and O–H groups in total. The zero-order valence-corrected chi connectivity index (χ0v) is 14.7. The number of piperidine rings is 1. The van der Waals surface area contributed by atoms with Crippen LogP contribution in [0.1, 0.15) is 30.1 Å². The molecule has 1 aromatic rings. The number of carbonyl (C=O) groups excluding carboxylic acids is 1. The largest absolute Gasteiger partial charge is 0.345 e. The quantitative estimate of drug-likeness (QED) is 0.841. The van der Waals surface area contributed by atoms with Crippen molar-refractivity contribution in [3.8, 4) is 0 Å². The summed E-state index contributed by atoms with van der Waals surface area (Å²) in [7, 11) is -0.234. The van der Waals surface area contributed by atoms with Gasteiger partial charge in [0.25, 0.3) is 5.91 Å². The number of benzene rings is 1. The third-order valence-corrected chi connectivity index (χ3v) is 5.73. The van der Waals surface area contributed by atoms with Gasteiger partial charge in [0.2, 0.25) is 10.0 Å². The summed E-state index contributed by atoms with van der Waals surface area (Å²) in [6.07, 6.45) is 1.90. The Hall–Kier alpha value is -1.44. The smallest absolute Gasteiger partial charge is 0.253 e. The third kappa shape index (κ3) is 4.53. The lowest BCUT2D eigenvalue weighted by Crippen LogP contribution is -2.42. The highest BCUT2D eigenvalue weighted by atomic mass is 32.2. The molecule has 1 aromatic carbocycles. The Labute approximate surface area is 138 Å². The van der Waals surface area contributed by atoms with Crippen LogP contribution < -0.4 is 10.0 Å². The molecule has 1 heterocycles. The molecule has 0 aliphatic carbocycles. The van der Waals surface area contributed by atoms with Crippen molar-refractivity contribution in [1.29, 1.82) is 0 Å². The summed E-state index contributed by atoms with van der Waals surface area (Å²) in [5.41, 5.74) is 0.457. The third-order valence-electron chi connectivity index (χ3n) is 4.32. The number of amides is 1. The molecule has 0 saturated carbocycles. The van der Waals surface area contributed by atoms with Gasteiger partial charge in [-0.25, -0.2) is 13.1 Å². The minimum atomic E-state index is -3.56. The first-order chi connectivity index (χ1) is 10.7. The van der Waals surface area contributed by atoms with Gasteiger partial charge in [0.05, 0.1) is 4.90 Å². The van der Waals surface area contributed by atoms with Gasteiger partial charge in [0.1, 0.15) is 0 Å². The van der Waals surface area contributed by atoms with Crippen molar-refractivity contribution in [2.75, 3.05) is 33.7 Å². The Morgan fingerprint density at radius 3 is 2.30 bits per heavy atom. The SMILES string of the molecule is CN(C)C(=O)c1ccc(S(=O)(=O)NCC2(C)CCNCC2)cc1. The Bertz CT molecular complexity index is 648. The lowest BCUT2D eigenvalue weighted by Gasteiger charge is -2.34. The number of hydrogen-bond acceptors (Lipinski definition) is 4. The molecule has 23 heavy (non-hydrogen) atoms. The molecule has 2 rings (SSSR count). The predicted molar refractivity (Wildman–Crippen MR) is 89.9 cm³/mol. The van der Waals surface area contributed by atoms with E-state index in [2.05, 4.69) is 17.0 Å². The molecule has 128 valence electrons. The molecule has 0 aromatic heterocycles. The highest BCUT2D eigenvalue weighted by molar-refractivity contribution is 7.89. The van der Waals surface area contributed by atoms with Gasteiger partial charge in [-0.1, -0.05) is 6.92 Å². The molecule has 1 amide bonds. The Kier molecular flexibility index (Phi) is 5.44. The van der Waals surface area contributed by atoms with E-state index >= 15 is 0 Å². The number of carbonyl (C=O) groups is 1. The number of nitrogens with one attached hydrogen (secondary N) is 2. The molecule has 0 spiro atoms. The van der Waals surface area contributed by atoms with Crippen LogP contribution >= 0.6 is 0 Å². The van der Waals surface area contributed by atoms with Gasteiger partial charge in [0.15, 0.2) is 0 Å². The first-order valence-corrected chi connectivity index (χ1v) is 9.24. The van der Waals surface area contributed by atoms with Gasteiger partial charge in [-0.05, 0) is 55.6 Å². The van der Waals surface area contributed by atoms with E-state index in [1.54, 1.807) is 26.2 Å². The van der Waals surface area contributed by atoms with E-state index in [1.807, 2.05) is 0 Å². The second-order valence-corrected chi connectivity index (χ2v) is 8.38. The van der Waals surface area contributed by atoms with E-state index in [4.69, 9.17) is 0 Å². The molecule has 1 aliphatic rings. The van der Waals surface area contributed by atoms with Crippen LogP contribution in [0.3, 0.4) is 0 Å². The van der Waals surface area contributed by atoms with Crippen molar-refractivity contribution >= 4 is 15.9 Å². The number of sulfonamides is 1. The standard InChI is InChI=1S/C16H25N3O3S/c1-16(8-10-17-11-9-16)12-18-23(21,22)14-6-4-13(5-7-14)15(20)19(2)3/h4-7,17-18H,8-12H2,1-3H3. The van der Waals surface area contributed by atoms with Crippen LogP contribution in [-0.2, 0) is 10.0 Å². The van der Waals surface area contributed by atoms with Crippen molar-refractivity contribution in [2.24, 2.45) is 5.41 Å². The van der Waals surface area contributed by atoms with Crippen molar-refractivity contribution in [2.45, 2.75) is 24.7 Å². The molecular weight excluding hydrogens is 314 g/mol. The molecule has 0 unspecified atom stereocenters. The summed E-state index contributed by atoms with van der Waals surface area (Å²) in [6.45, 7) is 4.36. The molecule has 0 radical (unpaired) electrons. The van der Waals surface area contributed by atoms with Crippen LogP contribution in [0.5, 0.6) is 0 Å². The molecule has 0 atom stereocenters. The minimum absolute atomic E-state index is 0.0147. The average molecular weight is 339 g/mol. The van der Waals surface area contributed by atoms with Crippen LogP contribution in [-0.4, -0.2) is 53.0 Å². The first kappa shape index (κ1) is 17.9. The normalized spacial score (nSPS) is 17.7. The second-order valence-electron chi connectivity index (χ2n) is 6.61. The van der Waals surface area contributed by atoms with Crippen LogP contribution in [0.25, 0.3) is 0 Å². The van der Waals surface area contributed by atoms with Crippen molar-refractivity contribution < 1.29 is 13.2 Å². The summed E-state index contributed by atoms with van der Waals surface area (Å²) in [5, 5.41) is 3.28. The second kappa shape index (κ2) is 6.98. The van der Waals surface area contributed by atoms with Gasteiger partial charge in [-0.3, -0.25) is 4.79 Å². The average Bonchev–Trinajstić information content (AvgIpc) is 2.53. The van der Waals surface area contributed by atoms with Crippen LogP contribution in [0.15, 0.2) is 29.2 Å². The molecule has 6 nitrogen and oxygen atoms in total. The number of rotatable bonds is 5. The maximum atomic E-state index is 12.4. The predicted octanol–water partition coefficient (Wildman–Crippen LogP) is 1.06. The van der Waals surface area contributed by atoms with E-state index in [0.29, 0.717) is 12.1 Å². The fourth-order valence-electron chi connectivity index (χ4n) is 2.59. The fourth-order valence-corrected chi connectivity index (χ4v) is 3.79. The van der Waals surface area contributed by atoms with Gasteiger partial charge >= 0.3 is 0 Å². The van der Waals surface area contributed by atoms with Gasteiger partial charge in [0, 0.05) is 26.2 Å². The van der Waals surface area contributed by atoms with Crippen LogP contribution in [0.4, 0.5) is 0 Å². The molecular formula is C16H25N3O3S. The highest BCUT2D eigenvalue weighted by Crippen LogP contribution is 2.27. The van der Waals surface area contributed by atoms with Crippen LogP contribution in [0, 0.1) is 5.41 Å². The van der Waals surface area contributed by atoms with Gasteiger partial charge in [-0.2, -0.15) is 0 Å². The van der Waals surface area contributed by atoms with Crippen molar-refractivity contribution in [3.63, 3.8) is 0 Å². The Morgan fingerprint density at radius 1 is 1.22 bits per heavy atom. The molecule has 1 aliphatic heterocycles. The summed E-state index contributed by atoms with van der Waals surface area (Å²) >= 11 is 0. The van der Waals surface area contributed by atoms with Crippen molar-refractivity contribution in [3.05, 3.63) is 29.8 Å². The minimum Gasteiger partial charge on any atom is -0.345 e. The van der Waals surface area contributed by atoms with E-state index in [-0.39, 0.29) is 16.2 Å².